The van der Waals surface area contributed by atoms with E-state index in [2.05, 4.69) is 17.4 Å². The zero-order valence-electron chi connectivity index (χ0n) is 12.1. The van der Waals surface area contributed by atoms with Crippen LogP contribution in [-0.4, -0.2) is 19.5 Å². The molecule has 0 aliphatic carbocycles. The summed E-state index contributed by atoms with van der Waals surface area (Å²) in [4.78, 5) is 13.1. The summed E-state index contributed by atoms with van der Waals surface area (Å²) >= 11 is 5.92. The lowest BCUT2D eigenvalue weighted by Crippen LogP contribution is -3.08. The van der Waals surface area contributed by atoms with Crippen LogP contribution in [0.15, 0.2) is 54.6 Å². The molecule has 2 aromatic carbocycles. The summed E-state index contributed by atoms with van der Waals surface area (Å²) < 4.78 is 0. The summed E-state index contributed by atoms with van der Waals surface area (Å²) in [6, 6.07) is 17.7. The van der Waals surface area contributed by atoms with Crippen LogP contribution in [-0.2, 0) is 17.9 Å². The summed E-state index contributed by atoms with van der Waals surface area (Å²) in [5.74, 6) is 0.0448. The molecule has 0 saturated carbocycles. The second-order valence-corrected chi connectivity index (χ2v) is 5.64. The molecule has 2 rings (SSSR count). The smallest absolute Gasteiger partial charge is 0.275 e. The normalized spacial score (nSPS) is 11.9. The number of amides is 1. The molecule has 4 heteroatoms. The molecule has 0 aliphatic rings. The standard InChI is InChI=1S/C17H19ClN2O/c1-20(12-14-6-3-2-4-7-14)13-17(21)19-11-15-8-5-9-16(18)10-15/h2-10H,11-13H2,1H3,(H,19,21)/p+1. The minimum atomic E-state index is 0.0448. The maximum Gasteiger partial charge on any atom is 0.275 e. The Labute approximate surface area is 130 Å². The van der Waals surface area contributed by atoms with Crippen LogP contribution in [0.5, 0.6) is 0 Å². The maximum absolute atomic E-state index is 11.9. The van der Waals surface area contributed by atoms with Gasteiger partial charge in [0.15, 0.2) is 6.54 Å². The van der Waals surface area contributed by atoms with Gasteiger partial charge in [-0.2, -0.15) is 0 Å². The van der Waals surface area contributed by atoms with E-state index in [0.29, 0.717) is 18.1 Å². The van der Waals surface area contributed by atoms with Gasteiger partial charge in [0.2, 0.25) is 0 Å². The van der Waals surface area contributed by atoms with Crippen LogP contribution in [0.2, 0.25) is 5.02 Å². The SMILES string of the molecule is C[NH+](CC(=O)NCc1cccc(Cl)c1)Cc1ccccc1. The fourth-order valence-electron chi connectivity index (χ4n) is 2.19. The van der Waals surface area contributed by atoms with E-state index in [4.69, 9.17) is 11.6 Å². The number of hydrogen-bond donors (Lipinski definition) is 2. The zero-order valence-corrected chi connectivity index (χ0v) is 12.9. The van der Waals surface area contributed by atoms with E-state index in [9.17, 15) is 4.79 Å². The summed E-state index contributed by atoms with van der Waals surface area (Å²) in [5, 5.41) is 3.61. The average molecular weight is 304 g/mol. The van der Waals surface area contributed by atoms with Gasteiger partial charge in [0.1, 0.15) is 6.54 Å². The van der Waals surface area contributed by atoms with Gasteiger partial charge >= 0.3 is 0 Å². The van der Waals surface area contributed by atoms with Crippen LogP contribution in [0, 0.1) is 0 Å². The van der Waals surface area contributed by atoms with Gasteiger partial charge in [-0.1, -0.05) is 54.1 Å². The van der Waals surface area contributed by atoms with Crippen molar-refractivity contribution in [3.05, 3.63) is 70.7 Å². The molecule has 0 heterocycles. The van der Waals surface area contributed by atoms with Crippen molar-refractivity contribution in [3.8, 4) is 0 Å². The number of halogens is 1. The van der Waals surface area contributed by atoms with Gasteiger partial charge in [-0.05, 0) is 17.7 Å². The number of quaternary nitrogens is 1. The molecule has 0 saturated heterocycles. The Kier molecular flexibility index (Phi) is 5.78. The van der Waals surface area contributed by atoms with Gasteiger partial charge in [0, 0.05) is 17.1 Å². The van der Waals surface area contributed by atoms with E-state index in [1.807, 2.05) is 49.5 Å². The van der Waals surface area contributed by atoms with Crippen molar-refractivity contribution in [2.24, 2.45) is 0 Å². The molecule has 2 N–H and O–H groups in total. The lowest BCUT2D eigenvalue weighted by molar-refractivity contribution is -0.885. The number of carbonyl (C=O) groups excluding carboxylic acids is 1. The Morgan fingerprint density at radius 3 is 2.52 bits per heavy atom. The number of nitrogens with one attached hydrogen (secondary N) is 2. The van der Waals surface area contributed by atoms with Crippen LogP contribution < -0.4 is 10.2 Å². The highest BCUT2D eigenvalue weighted by atomic mass is 35.5. The largest absolute Gasteiger partial charge is 0.347 e. The molecular formula is C17H20ClN2O+. The Morgan fingerprint density at radius 2 is 1.81 bits per heavy atom. The second kappa shape index (κ2) is 7.81. The van der Waals surface area contributed by atoms with Gasteiger partial charge in [0.05, 0.1) is 7.05 Å². The summed E-state index contributed by atoms with van der Waals surface area (Å²) in [5.41, 5.74) is 2.24. The second-order valence-electron chi connectivity index (χ2n) is 5.20. The van der Waals surface area contributed by atoms with Crippen LogP contribution >= 0.6 is 11.6 Å². The van der Waals surface area contributed by atoms with E-state index in [1.54, 1.807) is 0 Å². The number of rotatable bonds is 6. The molecule has 110 valence electrons. The van der Waals surface area contributed by atoms with Crippen molar-refractivity contribution < 1.29 is 9.69 Å². The van der Waals surface area contributed by atoms with Crippen LogP contribution in [0.25, 0.3) is 0 Å². The minimum Gasteiger partial charge on any atom is -0.347 e. The molecule has 1 atom stereocenters. The zero-order chi connectivity index (χ0) is 15.1. The number of carbonyl (C=O) groups is 1. The fourth-order valence-corrected chi connectivity index (χ4v) is 2.40. The van der Waals surface area contributed by atoms with Gasteiger partial charge in [-0.15, -0.1) is 0 Å². The molecule has 0 spiro atoms. The predicted octanol–water partition coefficient (Wildman–Crippen LogP) is 1.67. The van der Waals surface area contributed by atoms with E-state index in [-0.39, 0.29) is 5.91 Å². The quantitative estimate of drug-likeness (QED) is 0.836. The van der Waals surface area contributed by atoms with Crippen molar-refractivity contribution in [2.45, 2.75) is 13.1 Å². The van der Waals surface area contributed by atoms with Gasteiger partial charge < -0.3 is 10.2 Å². The number of benzene rings is 2. The van der Waals surface area contributed by atoms with Gasteiger partial charge in [-0.25, -0.2) is 0 Å². The summed E-state index contributed by atoms with van der Waals surface area (Å²) in [6.45, 7) is 1.80. The molecule has 0 aromatic heterocycles. The predicted molar refractivity (Wildman–Crippen MR) is 85.2 cm³/mol. The first-order valence-electron chi connectivity index (χ1n) is 7.00. The molecule has 0 aliphatic heterocycles. The van der Waals surface area contributed by atoms with Gasteiger partial charge in [0.25, 0.3) is 5.91 Å². The first-order valence-corrected chi connectivity index (χ1v) is 7.37. The monoisotopic (exact) mass is 303 g/mol. The fraction of sp³-hybridized carbons (Fsp3) is 0.235. The summed E-state index contributed by atoms with van der Waals surface area (Å²) in [6.07, 6.45) is 0. The molecule has 2 aromatic rings. The van der Waals surface area contributed by atoms with Crippen molar-refractivity contribution in [3.63, 3.8) is 0 Å². The highest BCUT2D eigenvalue weighted by Gasteiger charge is 2.10. The highest BCUT2D eigenvalue weighted by Crippen LogP contribution is 2.09. The lowest BCUT2D eigenvalue weighted by atomic mass is 10.2. The molecule has 1 amide bonds. The van der Waals surface area contributed by atoms with E-state index in [1.165, 1.54) is 5.56 Å². The Hall–Kier alpha value is -1.84. The number of likely N-dealkylation sites (N-methyl/N-ethyl adjacent to an activating group) is 1. The van der Waals surface area contributed by atoms with Crippen molar-refractivity contribution >= 4 is 17.5 Å². The molecule has 3 nitrogen and oxygen atoms in total. The molecule has 21 heavy (non-hydrogen) atoms. The number of hydrogen-bond acceptors (Lipinski definition) is 1. The molecule has 1 unspecified atom stereocenters. The third-order valence-electron chi connectivity index (χ3n) is 3.19. The van der Waals surface area contributed by atoms with Gasteiger partial charge in [-0.3, -0.25) is 4.79 Å². The third kappa shape index (κ3) is 5.58. The Morgan fingerprint density at radius 1 is 1.10 bits per heavy atom. The lowest BCUT2D eigenvalue weighted by Gasteiger charge is -2.14. The average Bonchev–Trinajstić information content (AvgIpc) is 2.46. The van der Waals surface area contributed by atoms with Crippen molar-refractivity contribution in [1.29, 1.82) is 0 Å². The Bertz CT molecular complexity index is 586. The van der Waals surface area contributed by atoms with Crippen molar-refractivity contribution in [1.82, 2.24) is 5.32 Å². The Balaban J connectivity index is 1.76. The first-order chi connectivity index (χ1) is 10.1. The van der Waals surface area contributed by atoms with Crippen molar-refractivity contribution in [2.75, 3.05) is 13.6 Å². The maximum atomic E-state index is 11.9. The molecule has 0 bridgehead atoms. The van der Waals surface area contributed by atoms with Crippen LogP contribution in [0.4, 0.5) is 0 Å². The molecular weight excluding hydrogens is 284 g/mol. The first kappa shape index (κ1) is 15.5. The third-order valence-corrected chi connectivity index (χ3v) is 3.42. The van der Waals surface area contributed by atoms with E-state index >= 15 is 0 Å². The minimum absolute atomic E-state index is 0.0448. The molecule has 0 radical (unpaired) electrons. The highest BCUT2D eigenvalue weighted by molar-refractivity contribution is 6.30. The van der Waals surface area contributed by atoms with Crippen LogP contribution in [0.1, 0.15) is 11.1 Å². The van der Waals surface area contributed by atoms with E-state index in [0.717, 1.165) is 17.0 Å². The van der Waals surface area contributed by atoms with E-state index < -0.39 is 0 Å². The van der Waals surface area contributed by atoms with Crippen LogP contribution in [0.3, 0.4) is 0 Å². The molecule has 0 fully saturated rings. The summed E-state index contributed by atoms with van der Waals surface area (Å²) in [7, 11) is 2.02. The topological polar surface area (TPSA) is 33.5 Å².